The molecule has 1 unspecified atom stereocenters. The predicted molar refractivity (Wildman–Crippen MR) is 266 cm³/mol. The van der Waals surface area contributed by atoms with Crippen LogP contribution in [0.2, 0.25) is 0 Å². The molecule has 4 aromatic carbocycles. The number of anilines is 1. The Hall–Kier alpha value is -5.65. The Morgan fingerprint density at radius 3 is 2.13 bits per heavy atom. The van der Waals surface area contributed by atoms with Crippen LogP contribution in [0.1, 0.15) is 61.3 Å². The fourth-order valence-corrected chi connectivity index (χ4v) is 7.26. The highest BCUT2D eigenvalue weighted by atomic mass is 79.9. The van der Waals surface area contributed by atoms with Crippen LogP contribution < -0.4 is 25.9 Å². The summed E-state index contributed by atoms with van der Waals surface area (Å²) >= 11 is 3.50. The van der Waals surface area contributed by atoms with Crippen molar-refractivity contribution in [3.8, 4) is 11.5 Å². The van der Waals surface area contributed by atoms with Gasteiger partial charge in [-0.15, -0.1) is 0 Å². The number of aryl methyl sites for hydroxylation is 1. The van der Waals surface area contributed by atoms with Gasteiger partial charge in [0.2, 0.25) is 18.2 Å². The van der Waals surface area contributed by atoms with Crippen LogP contribution >= 0.6 is 15.9 Å². The molecule has 1 atom stereocenters. The predicted octanol–water partition coefficient (Wildman–Crippen LogP) is 6.99. The molecule has 0 aliphatic heterocycles. The van der Waals surface area contributed by atoms with Gasteiger partial charge in [-0.05, 0) is 111 Å². The van der Waals surface area contributed by atoms with Gasteiger partial charge in [-0.2, -0.15) is 5.10 Å². The van der Waals surface area contributed by atoms with E-state index in [0.717, 1.165) is 65.7 Å². The number of halogens is 1. The Labute approximate surface area is 403 Å². The Balaban J connectivity index is 0.868. The fourth-order valence-electron chi connectivity index (χ4n) is 7.00. The first-order chi connectivity index (χ1) is 32.8. The van der Waals surface area contributed by atoms with Gasteiger partial charge in [0.15, 0.2) is 0 Å². The van der Waals surface area contributed by atoms with Gasteiger partial charge >= 0.3 is 0 Å². The normalized spacial score (nSPS) is 13.1. The first-order valence-corrected chi connectivity index (χ1v) is 23.8. The standard InChI is InChI=1S/C51H66BrN7O8/c1-58(28-32-65-34-33-63-30-25-45(57-53)38-54-26-31-64-35-36-67-48-22-16-44(17-23-48)56-39-60)27-5-6-29-66-47-20-9-40(10-21-47)11-24-49(61)59(46-18-19-46)50(42-12-14-43(52)15-13-42)51(62)55-37-41-7-3-2-4-8-41/h2-4,7-10,12-17,20-23,38-39,46,50H,5-6,11,18-19,24-37,53H2,1H3,(H,55,62)(H,56,60)/b54-38?,57-45-. The van der Waals surface area contributed by atoms with Gasteiger partial charge in [-0.25, -0.2) is 0 Å². The number of hydrogen-bond donors (Lipinski definition) is 3. The maximum atomic E-state index is 13.9. The lowest BCUT2D eigenvalue weighted by atomic mass is 10.0. The third-order valence-electron chi connectivity index (χ3n) is 10.8. The Morgan fingerprint density at radius 1 is 0.761 bits per heavy atom. The highest BCUT2D eigenvalue weighted by Crippen LogP contribution is 2.36. The molecule has 16 heteroatoms. The number of ether oxygens (including phenoxy) is 5. The number of nitrogens with one attached hydrogen (secondary N) is 2. The molecule has 0 heterocycles. The zero-order valence-corrected chi connectivity index (χ0v) is 40.2. The quantitative estimate of drug-likeness (QED) is 0.0145. The summed E-state index contributed by atoms with van der Waals surface area (Å²) in [4.78, 5) is 46.6. The number of hydrazone groups is 1. The molecule has 1 aliphatic carbocycles. The number of carbonyl (C=O) groups excluding carboxylic acids is 3. The summed E-state index contributed by atoms with van der Waals surface area (Å²) in [7, 11) is 2.09. The Morgan fingerprint density at radius 2 is 1.43 bits per heavy atom. The highest BCUT2D eigenvalue weighted by molar-refractivity contribution is 9.10. The van der Waals surface area contributed by atoms with Crippen LogP contribution in [0, 0.1) is 0 Å². The Bertz CT molecular complexity index is 2090. The summed E-state index contributed by atoms with van der Waals surface area (Å²) in [6.07, 6.45) is 7.42. The number of aliphatic imine (C=N–C) groups is 1. The van der Waals surface area contributed by atoms with E-state index in [1.54, 1.807) is 30.5 Å². The summed E-state index contributed by atoms with van der Waals surface area (Å²) in [6, 6.07) is 31.9. The van der Waals surface area contributed by atoms with Crippen molar-refractivity contribution in [3.05, 3.63) is 124 Å². The summed E-state index contributed by atoms with van der Waals surface area (Å²) in [5.41, 5.74) is 4.20. The van der Waals surface area contributed by atoms with Gasteiger partial charge in [0.05, 0.1) is 58.5 Å². The van der Waals surface area contributed by atoms with Crippen LogP contribution in [-0.4, -0.2) is 126 Å². The maximum absolute atomic E-state index is 13.9. The Kier molecular flexibility index (Phi) is 23.9. The molecule has 0 saturated heterocycles. The lowest BCUT2D eigenvalue weighted by Crippen LogP contribution is -2.45. The summed E-state index contributed by atoms with van der Waals surface area (Å²) < 4.78 is 29.6. The molecular weight excluding hydrogens is 919 g/mol. The molecule has 3 amide bonds. The molecule has 1 aliphatic rings. The second kappa shape index (κ2) is 30.6. The van der Waals surface area contributed by atoms with Gasteiger partial charge in [0.1, 0.15) is 24.1 Å². The average molecular weight is 985 g/mol. The third kappa shape index (κ3) is 20.4. The van der Waals surface area contributed by atoms with E-state index in [1.807, 2.05) is 83.8 Å². The number of unbranched alkanes of at least 4 members (excludes halogenated alkanes) is 1. The summed E-state index contributed by atoms with van der Waals surface area (Å²) in [6.45, 7) is 6.58. The van der Waals surface area contributed by atoms with E-state index in [4.69, 9.17) is 29.5 Å². The summed E-state index contributed by atoms with van der Waals surface area (Å²) in [5, 5.41) is 9.46. The van der Waals surface area contributed by atoms with Crippen LogP contribution in [0.15, 0.2) is 118 Å². The molecule has 0 bridgehead atoms. The SMILES string of the molecule is CN(CCCCOc1ccc(CCC(=O)N(C2CC2)C(C(=O)NCc2ccccc2)c2ccc(Br)cc2)cc1)CCOCCOCC/C(C=NCCOCCOc1ccc(NC=O)cc1)=N/N. The number of likely N-dealkylation sites (N-methyl/N-ethyl adjacent to an activating group) is 1. The maximum Gasteiger partial charge on any atom is 0.247 e. The number of nitrogens with zero attached hydrogens (tertiary/aromatic N) is 4. The fraction of sp³-hybridized carbons (Fsp3) is 0.431. The van der Waals surface area contributed by atoms with Crippen LogP contribution in [0.5, 0.6) is 11.5 Å². The van der Waals surface area contributed by atoms with Crippen molar-refractivity contribution in [1.82, 2.24) is 15.1 Å². The monoisotopic (exact) mass is 983 g/mol. The molecule has 67 heavy (non-hydrogen) atoms. The molecule has 15 nitrogen and oxygen atoms in total. The van der Waals surface area contributed by atoms with Crippen LogP contribution in [0.4, 0.5) is 5.69 Å². The van der Waals surface area contributed by atoms with Crippen molar-refractivity contribution in [3.63, 3.8) is 0 Å². The first-order valence-electron chi connectivity index (χ1n) is 23.0. The zero-order chi connectivity index (χ0) is 47.3. The molecule has 5 rings (SSSR count). The van der Waals surface area contributed by atoms with Crippen molar-refractivity contribution in [2.24, 2.45) is 15.9 Å². The smallest absolute Gasteiger partial charge is 0.247 e. The highest BCUT2D eigenvalue weighted by Gasteiger charge is 2.41. The number of hydrogen-bond acceptors (Lipinski definition) is 12. The van der Waals surface area contributed by atoms with Crippen molar-refractivity contribution >= 4 is 51.8 Å². The first kappa shape index (κ1) is 52.3. The average Bonchev–Trinajstić information content (AvgIpc) is 4.19. The second-order valence-corrected chi connectivity index (χ2v) is 17.0. The molecular formula is C51H66BrN7O8. The van der Waals surface area contributed by atoms with E-state index in [9.17, 15) is 14.4 Å². The number of carbonyl (C=O) groups is 3. The minimum absolute atomic E-state index is 0.0203. The molecule has 0 spiro atoms. The molecule has 0 aromatic heterocycles. The minimum Gasteiger partial charge on any atom is -0.494 e. The zero-order valence-electron chi connectivity index (χ0n) is 38.6. The molecule has 1 fully saturated rings. The number of rotatable bonds is 34. The van der Waals surface area contributed by atoms with Crippen LogP contribution in [0.3, 0.4) is 0 Å². The van der Waals surface area contributed by atoms with E-state index < -0.39 is 6.04 Å². The topological polar surface area (TPSA) is 179 Å². The molecule has 0 radical (unpaired) electrons. The molecule has 4 aromatic rings. The van der Waals surface area contributed by atoms with E-state index in [2.05, 4.69) is 48.6 Å². The van der Waals surface area contributed by atoms with E-state index in [-0.39, 0.29) is 17.9 Å². The lowest BCUT2D eigenvalue weighted by molar-refractivity contribution is -0.141. The minimum atomic E-state index is -0.702. The molecule has 4 N–H and O–H groups in total. The van der Waals surface area contributed by atoms with Gasteiger partial charge in [0, 0.05) is 48.3 Å². The van der Waals surface area contributed by atoms with Gasteiger partial charge in [-0.1, -0.05) is 70.5 Å². The molecule has 360 valence electrons. The van der Waals surface area contributed by atoms with Crippen molar-refractivity contribution in [1.29, 1.82) is 0 Å². The number of nitrogens with two attached hydrogens (primary N) is 1. The van der Waals surface area contributed by atoms with Crippen LogP contribution in [-0.2, 0) is 41.6 Å². The van der Waals surface area contributed by atoms with Crippen molar-refractivity contribution in [2.75, 3.05) is 84.9 Å². The number of amides is 3. The van der Waals surface area contributed by atoms with E-state index >= 15 is 0 Å². The van der Waals surface area contributed by atoms with Crippen molar-refractivity contribution < 1.29 is 38.1 Å². The van der Waals surface area contributed by atoms with Crippen LogP contribution in [0.25, 0.3) is 0 Å². The lowest BCUT2D eigenvalue weighted by Gasteiger charge is -2.32. The third-order valence-corrected chi connectivity index (χ3v) is 11.4. The summed E-state index contributed by atoms with van der Waals surface area (Å²) in [5.74, 6) is 6.83. The van der Waals surface area contributed by atoms with Gasteiger partial charge in [0.25, 0.3) is 0 Å². The number of benzene rings is 4. The largest absolute Gasteiger partial charge is 0.494 e. The van der Waals surface area contributed by atoms with E-state index in [1.165, 1.54) is 0 Å². The van der Waals surface area contributed by atoms with Gasteiger partial charge < -0.3 is 50.0 Å². The molecule has 1 saturated carbocycles. The van der Waals surface area contributed by atoms with Gasteiger partial charge in [-0.3, -0.25) is 19.4 Å². The second-order valence-electron chi connectivity index (χ2n) is 16.1. The van der Waals surface area contributed by atoms with Crippen molar-refractivity contribution in [2.45, 2.75) is 63.6 Å². The van der Waals surface area contributed by atoms with E-state index in [0.29, 0.717) is 109 Å².